The maximum Gasteiger partial charge on any atom is 0.219 e. The molecule has 1 fully saturated rings. The Morgan fingerprint density at radius 3 is 2.00 bits per heavy atom. The molecule has 0 bridgehead atoms. The zero-order valence-corrected chi connectivity index (χ0v) is 11.1. The summed E-state index contributed by atoms with van der Waals surface area (Å²) in [5.74, 6) is 0. The molecule has 0 unspecified atom stereocenters. The minimum atomic E-state index is -2.23. The van der Waals surface area contributed by atoms with Crippen molar-refractivity contribution >= 4 is 21.8 Å². The summed E-state index contributed by atoms with van der Waals surface area (Å²) in [6, 6.07) is 13.5. The van der Waals surface area contributed by atoms with Gasteiger partial charge >= 0.3 is 0 Å². The molecule has 0 amide bonds. The molecule has 4 heteroatoms. The van der Waals surface area contributed by atoms with Gasteiger partial charge in [0.15, 0.2) is 8.32 Å². The third-order valence-corrected chi connectivity index (χ3v) is 10.7. The molecule has 0 aromatic heterocycles. The average molecular weight is 238 g/mol. The largest absolute Gasteiger partial charge is 0.432 e. The third kappa shape index (κ3) is 2.39. The van der Waals surface area contributed by atoms with Gasteiger partial charge in [0, 0.05) is 0 Å². The highest BCUT2D eigenvalue weighted by Crippen LogP contribution is 2.32. The van der Waals surface area contributed by atoms with Crippen LogP contribution in [0.2, 0.25) is 30.7 Å². The first-order chi connectivity index (χ1) is 7.02. The van der Waals surface area contributed by atoms with Gasteiger partial charge in [0.1, 0.15) is 0 Å². The number of hydrogen-bond acceptors (Lipinski definition) is 2. The maximum atomic E-state index is 10.6. The Bertz CT molecular complexity index is 328. The molecule has 0 atom stereocenters. The normalized spacial score (nSPS) is 36.5. The van der Waals surface area contributed by atoms with Gasteiger partial charge in [-0.2, -0.15) is 0 Å². The van der Waals surface area contributed by atoms with E-state index >= 15 is 0 Å². The fourth-order valence-electron chi connectivity index (χ4n) is 2.24. The second kappa shape index (κ2) is 3.86. The molecular formula is C11H18O2Si2. The van der Waals surface area contributed by atoms with Crippen LogP contribution < -0.4 is 5.19 Å². The Labute approximate surface area is 92.8 Å². The summed E-state index contributed by atoms with van der Waals surface area (Å²) in [7, 11) is -4.16. The zero-order chi connectivity index (χ0) is 10.9. The van der Waals surface area contributed by atoms with E-state index in [1.54, 1.807) is 0 Å². The average Bonchev–Trinajstić information content (AvgIpc) is 2.24. The van der Waals surface area contributed by atoms with Crippen molar-refractivity contribution in [3.8, 4) is 0 Å². The van der Waals surface area contributed by atoms with E-state index in [4.69, 9.17) is 0 Å². The molecule has 82 valence electrons. The van der Waals surface area contributed by atoms with Crippen molar-refractivity contribution in [2.45, 2.75) is 30.7 Å². The molecule has 1 aliphatic heterocycles. The molecular weight excluding hydrogens is 220 g/mol. The Balaban J connectivity index is 2.17. The predicted octanol–water partition coefficient (Wildman–Crippen LogP) is 1.41. The second-order valence-corrected chi connectivity index (χ2v) is 12.5. The first kappa shape index (κ1) is 11.1. The van der Waals surface area contributed by atoms with E-state index in [9.17, 15) is 9.59 Å². The molecule has 15 heavy (non-hydrogen) atoms. The van der Waals surface area contributed by atoms with Gasteiger partial charge in [0.05, 0.1) is 0 Å². The van der Waals surface area contributed by atoms with Gasteiger partial charge in [0.2, 0.25) is 8.32 Å². The molecule has 0 saturated carbocycles. The fraction of sp³-hybridized carbons (Fsp3) is 0.455. The molecule has 1 saturated heterocycles. The third-order valence-electron chi connectivity index (χ3n) is 3.47. The maximum absolute atomic E-state index is 10.6. The van der Waals surface area contributed by atoms with Crippen LogP contribution in [0.1, 0.15) is 0 Å². The van der Waals surface area contributed by atoms with Crippen molar-refractivity contribution in [3.05, 3.63) is 30.3 Å². The van der Waals surface area contributed by atoms with Crippen LogP contribution in [0.4, 0.5) is 0 Å². The van der Waals surface area contributed by atoms with Crippen LogP contribution in [0.15, 0.2) is 30.3 Å². The standard InChI is InChI=1S/C11H18O2Si2/c1-14(12)7-9-15(13,10-8-14)11-5-3-2-4-6-11/h2-6,12-13H,7-10H2,1H3. The van der Waals surface area contributed by atoms with E-state index in [0.717, 1.165) is 29.4 Å². The van der Waals surface area contributed by atoms with E-state index in [-0.39, 0.29) is 0 Å². The summed E-state index contributed by atoms with van der Waals surface area (Å²) in [4.78, 5) is 20.6. The molecule has 2 nitrogen and oxygen atoms in total. The Kier molecular flexibility index (Phi) is 2.85. The molecule has 1 aliphatic rings. The SMILES string of the molecule is C[Si]1(O)CC[Si](O)(c2ccccc2)CC1. The van der Waals surface area contributed by atoms with E-state index in [1.165, 1.54) is 0 Å². The Morgan fingerprint density at radius 2 is 1.47 bits per heavy atom. The van der Waals surface area contributed by atoms with E-state index < -0.39 is 16.6 Å². The predicted molar refractivity (Wildman–Crippen MR) is 67.1 cm³/mol. The highest BCUT2D eigenvalue weighted by molar-refractivity contribution is 6.90. The lowest BCUT2D eigenvalue weighted by Gasteiger charge is -2.36. The van der Waals surface area contributed by atoms with Gasteiger partial charge in [-0.1, -0.05) is 30.3 Å². The van der Waals surface area contributed by atoms with Crippen LogP contribution in [0.3, 0.4) is 0 Å². The molecule has 2 rings (SSSR count). The lowest BCUT2D eigenvalue weighted by Crippen LogP contribution is -2.54. The van der Waals surface area contributed by atoms with Crippen LogP contribution in [0, 0.1) is 0 Å². The number of hydrogen-bond donors (Lipinski definition) is 2. The lowest BCUT2D eigenvalue weighted by molar-refractivity contribution is 0.507. The molecule has 0 radical (unpaired) electrons. The van der Waals surface area contributed by atoms with Gasteiger partial charge in [-0.15, -0.1) is 0 Å². The quantitative estimate of drug-likeness (QED) is 0.726. The summed E-state index contributed by atoms with van der Waals surface area (Å²) in [6.07, 6.45) is 0. The number of rotatable bonds is 1. The van der Waals surface area contributed by atoms with Crippen molar-refractivity contribution in [2.24, 2.45) is 0 Å². The molecule has 0 spiro atoms. The van der Waals surface area contributed by atoms with E-state index in [2.05, 4.69) is 0 Å². The lowest BCUT2D eigenvalue weighted by atomic mass is 10.4. The van der Waals surface area contributed by atoms with Gasteiger partial charge < -0.3 is 9.59 Å². The molecule has 1 aromatic carbocycles. The topological polar surface area (TPSA) is 40.5 Å². The summed E-state index contributed by atoms with van der Waals surface area (Å²) < 4.78 is 0. The van der Waals surface area contributed by atoms with Crippen molar-refractivity contribution in [3.63, 3.8) is 0 Å². The highest BCUT2D eigenvalue weighted by Gasteiger charge is 2.43. The van der Waals surface area contributed by atoms with Crippen LogP contribution >= 0.6 is 0 Å². The second-order valence-electron chi connectivity index (χ2n) is 4.89. The van der Waals surface area contributed by atoms with Crippen molar-refractivity contribution in [1.29, 1.82) is 0 Å². The fourth-order valence-corrected chi connectivity index (χ4v) is 11.7. The van der Waals surface area contributed by atoms with Crippen molar-refractivity contribution in [1.82, 2.24) is 0 Å². The van der Waals surface area contributed by atoms with Crippen molar-refractivity contribution in [2.75, 3.05) is 0 Å². The van der Waals surface area contributed by atoms with Crippen LogP contribution in [0.25, 0.3) is 0 Å². The summed E-state index contributed by atoms with van der Waals surface area (Å²) in [5.41, 5.74) is 0. The summed E-state index contributed by atoms with van der Waals surface area (Å²) >= 11 is 0. The molecule has 1 aromatic rings. The van der Waals surface area contributed by atoms with Gasteiger partial charge in [-0.3, -0.25) is 0 Å². The molecule has 1 heterocycles. The van der Waals surface area contributed by atoms with Crippen molar-refractivity contribution < 1.29 is 9.59 Å². The number of benzene rings is 1. The van der Waals surface area contributed by atoms with Crippen LogP contribution in [-0.2, 0) is 0 Å². The highest BCUT2D eigenvalue weighted by atomic mass is 28.4. The first-order valence-corrected chi connectivity index (χ1v) is 10.7. The summed E-state index contributed by atoms with van der Waals surface area (Å²) in [5, 5.41) is 1.13. The monoisotopic (exact) mass is 238 g/mol. The summed E-state index contributed by atoms with van der Waals surface area (Å²) in [6.45, 7) is 2.01. The minimum Gasteiger partial charge on any atom is -0.432 e. The van der Waals surface area contributed by atoms with Gasteiger partial charge in [-0.05, 0) is 35.9 Å². The zero-order valence-electron chi connectivity index (χ0n) is 9.11. The molecule has 2 N–H and O–H groups in total. The van der Waals surface area contributed by atoms with E-state index in [1.807, 2.05) is 36.9 Å². The first-order valence-electron chi connectivity index (χ1n) is 5.52. The van der Waals surface area contributed by atoms with E-state index in [0.29, 0.717) is 0 Å². The molecule has 0 aliphatic carbocycles. The Hall–Kier alpha value is -0.426. The van der Waals surface area contributed by atoms with Gasteiger partial charge in [0.25, 0.3) is 0 Å². The minimum absolute atomic E-state index is 0.843. The van der Waals surface area contributed by atoms with Crippen LogP contribution in [0.5, 0.6) is 0 Å². The Morgan fingerprint density at radius 1 is 0.933 bits per heavy atom. The van der Waals surface area contributed by atoms with Gasteiger partial charge in [-0.25, -0.2) is 0 Å². The van der Waals surface area contributed by atoms with Crippen LogP contribution in [-0.4, -0.2) is 26.2 Å². The smallest absolute Gasteiger partial charge is 0.219 e.